The molecule has 6 heteroatoms. The average molecular weight is 289 g/mol. The molecule has 0 fully saturated rings. The Labute approximate surface area is 117 Å². The molecular formula is C15H9F2NO3. The average Bonchev–Trinajstić information content (AvgIpc) is 2.84. The minimum atomic E-state index is -1.09. The van der Waals surface area contributed by atoms with Crippen LogP contribution in [0.5, 0.6) is 0 Å². The van der Waals surface area contributed by atoms with Gasteiger partial charge in [-0.25, -0.2) is 18.6 Å². The molecule has 0 amide bonds. The van der Waals surface area contributed by atoms with E-state index >= 15 is 0 Å². The molecule has 4 nitrogen and oxygen atoms in total. The third-order valence-electron chi connectivity index (χ3n) is 3.07. The van der Waals surface area contributed by atoms with Crippen LogP contribution in [0.2, 0.25) is 0 Å². The molecule has 21 heavy (non-hydrogen) atoms. The van der Waals surface area contributed by atoms with Gasteiger partial charge in [0.15, 0.2) is 11.5 Å². The normalized spacial score (nSPS) is 11.0. The lowest BCUT2D eigenvalue weighted by Crippen LogP contribution is -1.96. The van der Waals surface area contributed by atoms with Crippen molar-refractivity contribution in [2.45, 2.75) is 6.42 Å². The van der Waals surface area contributed by atoms with Gasteiger partial charge in [-0.1, -0.05) is 6.07 Å². The fourth-order valence-electron chi connectivity index (χ4n) is 2.03. The molecule has 0 radical (unpaired) electrons. The maximum atomic E-state index is 13.6. The van der Waals surface area contributed by atoms with Gasteiger partial charge in [-0.05, 0) is 30.3 Å². The lowest BCUT2D eigenvalue weighted by atomic mass is 10.1. The van der Waals surface area contributed by atoms with E-state index in [-0.39, 0.29) is 29.0 Å². The first-order valence-electron chi connectivity index (χ1n) is 6.10. The third kappa shape index (κ3) is 2.47. The zero-order chi connectivity index (χ0) is 15.0. The van der Waals surface area contributed by atoms with Crippen molar-refractivity contribution >= 4 is 17.1 Å². The zero-order valence-electron chi connectivity index (χ0n) is 10.6. The van der Waals surface area contributed by atoms with Crippen LogP contribution in [-0.4, -0.2) is 16.1 Å². The maximum absolute atomic E-state index is 13.6. The molecule has 0 bridgehead atoms. The molecule has 1 heterocycles. The van der Waals surface area contributed by atoms with Crippen LogP contribution < -0.4 is 0 Å². The van der Waals surface area contributed by atoms with E-state index in [4.69, 9.17) is 9.52 Å². The molecule has 0 saturated heterocycles. The Morgan fingerprint density at radius 1 is 1.19 bits per heavy atom. The summed E-state index contributed by atoms with van der Waals surface area (Å²) in [6.07, 6.45) is -0.143. The number of benzene rings is 2. The molecular weight excluding hydrogens is 280 g/mol. The summed E-state index contributed by atoms with van der Waals surface area (Å²) in [6, 6.07) is 7.79. The van der Waals surface area contributed by atoms with Gasteiger partial charge >= 0.3 is 5.97 Å². The second kappa shape index (κ2) is 4.97. The van der Waals surface area contributed by atoms with Crippen LogP contribution in [0.25, 0.3) is 11.1 Å². The molecule has 0 aliphatic rings. The van der Waals surface area contributed by atoms with Crippen LogP contribution in [0.3, 0.4) is 0 Å². The van der Waals surface area contributed by atoms with Gasteiger partial charge in [0.2, 0.25) is 0 Å². The van der Waals surface area contributed by atoms with Crippen molar-refractivity contribution in [1.29, 1.82) is 0 Å². The quantitative estimate of drug-likeness (QED) is 0.802. The Balaban J connectivity index is 2.00. The van der Waals surface area contributed by atoms with E-state index in [1.165, 1.54) is 24.3 Å². The lowest BCUT2D eigenvalue weighted by molar-refractivity contribution is 0.0697. The molecule has 0 aliphatic carbocycles. The number of hydrogen-bond acceptors (Lipinski definition) is 3. The monoisotopic (exact) mass is 289 g/mol. The Bertz CT molecular complexity index is 822. The van der Waals surface area contributed by atoms with E-state index in [0.717, 1.165) is 12.1 Å². The smallest absolute Gasteiger partial charge is 0.335 e. The molecule has 3 rings (SSSR count). The number of carbonyl (C=O) groups is 1. The lowest BCUT2D eigenvalue weighted by Gasteiger charge is -2.01. The first-order valence-corrected chi connectivity index (χ1v) is 6.10. The molecule has 0 aliphatic heterocycles. The Kier molecular flexibility index (Phi) is 3.13. The van der Waals surface area contributed by atoms with Crippen LogP contribution in [-0.2, 0) is 6.42 Å². The minimum absolute atomic E-state index is 0.0577. The van der Waals surface area contributed by atoms with Gasteiger partial charge in [0.1, 0.15) is 17.2 Å². The summed E-state index contributed by atoms with van der Waals surface area (Å²) in [4.78, 5) is 15.0. The number of carboxylic acids is 1. The van der Waals surface area contributed by atoms with Crippen LogP contribution >= 0.6 is 0 Å². The van der Waals surface area contributed by atoms with Crippen molar-refractivity contribution in [2.75, 3.05) is 0 Å². The van der Waals surface area contributed by atoms with E-state index in [0.29, 0.717) is 5.52 Å². The molecule has 0 unspecified atom stereocenters. The Morgan fingerprint density at radius 3 is 2.57 bits per heavy atom. The van der Waals surface area contributed by atoms with Crippen molar-refractivity contribution in [3.05, 3.63) is 65.1 Å². The predicted octanol–water partition coefficient (Wildman–Crippen LogP) is 3.40. The van der Waals surface area contributed by atoms with Gasteiger partial charge in [-0.3, -0.25) is 0 Å². The fourth-order valence-corrected chi connectivity index (χ4v) is 2.03. The summed E-state index contributed by atoms with van der Waals surface area (Å²) >= 11 is 0. The highest BCUT2D eigenvalue weighted by Crippen LogP contribution is 2.21. The first-order chi connectivity index (χ1) is 10.0. The first kappa shape index (κ1) is 13.2. The van der Waals surface area contributed by atoms with E-state index in [1.807, 2.05) is 0 Å². The summed E-state index contributed by atoms with van der Waals surface area (Å²) < 4.78 is 32.5. The molecule has 1 N–H and O–H groups in total. The maximum Gasteiger partial charge on any atom is 0.335 e. The highest BCUT2D eigenvalue weighted by molar-refractivity contribution is 5.91. The summed E-state index contributed by atoms with van der Waals surface area (Å²) in [6.45, 7) is 0. The highest BCUT2D eigenvalue weighted by atomic mass is 19.1. The number of fused-ring (bicyclic) bond motifs is 1. The fraction of sp³-hybridized carbons (Fsp3) is 0.0667. The van der Waals surface area contributed by atoms with Gasteiger partial charge < -0.3 is 9.52 Å². The second-order valence-corrected chi connectivity index (χ2v) is 4.47. The SMILES string of the molecule is O=C(O)c1ccc2nc(Cc3c(F)cccc3F)oc2c1. The number of carboxylic acid groups (broad SMARTS) is 1. The number of oxazole rings is 1. The van der Waals surface area contributed by atoms with Gasteiger partial charge in [0.05, 0.1) is 12.0 Å². The van der Waals surface area contributed by atoms with Crippen LogP contribution in [0.15, 0.2) is 40.8 Å². The topological polar surface area (TPSA) is 63.3 Å². The molecule has 3 aromatic rings. The van der Waals surface area contributed by atoms with Crippen LogP contribution in [0.1, 0.15) is 21.8 Å². The van der Waals surface area contributed by atoms with E-state index in [2.05, 4.69) is 4.98 Å². The summed E-state index contributed by atoms with van der Waals surface area (Å²) in [5.74, 6) is -2.32. The highest BCUT2D eigenvalue weighted by Gasteiger charge is 2.14. The summed E-state index contributed by atoms with van der Waals surface area (Å²) in [5, 5.41) is 8.90. The molecule has 0 spiro atoms. The van der Waals surface area contributed by atoms with E-state index in [1.54, 1.807) is 0 Å². The van der Waals surface area contributed by atoms with Gasteiger partial charge in [0, 0.05) is 5.56 Å². The van der Waals surface area contributed by atoms with Crippen molar-refractivity contribution in [3.63, 3.8) is 0 Å². The molecule has 106 valence electrons. The number of nitrogens with zero attached hydrogens (tertiary/aromatic N) is 1. The van der Waals surface area contributed by atoms with Crippen molar-refractivity contribution in [1.82, 2.24) is 4.98 Å². The molecule has 2 aromatic carbocycles. The molecule has 1 aromatic heterocycles. The number of aromatic carboxylic acids is 1. The van der Waals surface area contributed by atoms with Crippen LogP contribution in [0.4, 0.5) is 8.78 Å². The van der Waals surface area contributed by atoms with Gasteiger partial charge in [-0.15, -0.1) is 0 Å². The standard InChI is InChI=1S/C15H9F2NO3/c16-10-2-1-3-11(17)9(10)7-14-18-12-5-4-8(15(19)20)6-13(12)21-14/h1-6H,7H2,(H,19,20). The summed E-state index contributed by atoms with van der Waals surface area (Å²) in [5.41, 5.74) is 0.623. The van der Waals surface area contributed by atoms with E-state index in [9.17, 15) is 13.6 Å². The summed E-state index contributed by atoms with van der Waals surface area (Å²) in [7, 11) is 0. The third-order valence-corrected chi connectivity index (χ3v) is 3.07. The Morgan fingerprint density at radius 2 is 1.90 bits per heavy atom. The largest absolute Gasteiger partial charge is 0.478 e. The molecule has 0 atom stereocenters. The second-order valence-electron chi connectivity index (χ2n) is 4.47. The van der Waals surface area contributed by atoms with Crippen molar-refractivity contribution in [3.8, 4) is 0 Å². The number of halogens is 2. The van der Waals surface area contributed by atoms with Gasteiger partial charge in [-0.2, -0.15) is 0 Å². The van der Waals surface area contributed by atoms with Gasteiger partial charge in [0.25, 0.3) is 0 Å². The predicted molar refractivity (Wildman–Crippen MR) is 70.1 cm³/mol. The molecule has 0 saturated carbocycles. The zero-order valence-corrected chi connectivity index (χ0v) is 10.6. The minimum Gasteiger partial charge on any atom is -0.478 e. The van der Waals surface area contributed by atoms with Crippen molar-refractivity contribution < 1.29 is 23.1 Å². The van der Waals surface area contributed by atoms with Crippen molar-refractivity contribution in [2.24, 2.45) is 0 Å². The number of aromatic nitrogens is 1. The Hall–Kier alpha value is -2.76. The van der Waals surface area contributed by atoms with E-state index < -0.39 is 17.6 Å². The number of rotatable bonds is 3. The van der Waals surface area contributed by atoms with Crippen LogP contribution in [0, 0.1) is 11.6 Å². The number of hydrogen-bond donors (Lipinski definition) is 1.